The number of hydrogen-bond acceptors (Lipinski definition) is 7. The van der Waals surface area contributed by atoms with Crippen molar-refractivity contribution in [2.75, 3.05) is 26.4 Å². The zero-order chi connectivity index (χ0) is 24.8. The van der Waals surface area contributed by atoms with Gasteiger partial charge in [-0.25, -0.2) is 0 Å². The van der Waals surface area contributed by atoms with Gasteiger partial charge in [0.1, 0.15) is 16.1 Å². The van der Waals surface area contributed by atoms with E-state index < -0.39 is 28.9 Å². The van der Waals surface area contributed by atoms with Gasteiger partial charge in [-0.1, -0.05) is 0 Å². The van der Waals surface area contributed by atoms with E-state index in [1.54, 1.807) is 0 Å². The molecule has 0 bridgehead atoms. The average Bonchev–Trinajstić information content (AvgIpc) is 3.39. The third-order valence-corrected chi connectivity index (χ3v) is 9.08. The predicted molar refractivity (Wildman–Crippen MR) is 123 cm³/mol. The molecule has 2 fully saturated rings. The van der Waals surface area contributed by atoms with Crippen LogP contribution in [0.4, 0.5) is 13.2 Å². The number of alkyl halides is 3. The number of nitrogens with zero attached hydrogens (tertiary/aromatic N) is 3. The van der Waals surface area contributed by atoms with Crippen LogP contribution >= 0.6 is 11.3 Å². The molecule has 11 heteroatoms. The minimum Gasteiger partial charge on any atom is -0.392 e. The third-order valence-electron chi connectivity index (χ3n) is 7.57. The first-order chi connectivity index (χ1) is 16.6. The van der Waals surface area contributed by atoms with E-state index in [0.29, 0.717) is 69.0 Å². The van der Waals surface area contributed by atoms with E-state index in [1.165, 1.54) is 0 Å². The van der Waals surface area contributed by atoms with Gasteiger partial charge in [0.2, 0.25) is 0 Å². The van der Waals surface area contributed by atoms with Crippen LogP contribution in [0, 0.1) is 0 Å². The van der Waals surface area contributed by atoms with Gasteiger partial charge < -0.3 is 19.7 Å². The summed E-state index contributed by atoms with van der Waals surface area (Å²) >= 11 is 0.757. The highest BCUT2D eigenvalue weighted by Gasteiger charge is 2.48. The highest BCUT2D eigenvalue weighted by molar-refractivity contribution is 7.12. The summed E-state index contributed by atoms with van der Waals surface area (Å²) in [5.74, 6) is 0. The van der Waals surface area contributed by atoms with E-state index in [-0.39, 0.29) is 11.6 Å². The number of aromatic nitrogens is 2. The molecule has 7 nitrogen and oxygen atoms in total. The molecule has 2 atom stereocenters. The van der Waals surface area contributed by atoms with Crippen LogP contribution in [0.15, 0.2) is 12.4 Å². The fourth-order valence-electron chi connectivity index (χ4n) is 5.66. The highest BCUT2D eigenvalue weighted by Crippen LogP contribution is 2.51. The summed E-state index contributed by atoms with van der Waals surface area (Å²) in [4.78, 5) is 2.29. The van der Waals surface area contributed by atoms with Gasteiger partial charge >= 0.3 is 6.18 Å². The molecule has 0 radical (unpaired) electrons. The Bertz CT molecular complexity index is 1050. The maximum absolute atomic E-state index is 13.6. The quantitative estimate of drug-likeness (QED) is 0.588. The minimum atomic E-state index is -4.48. The molecule has 0 unspecified atom stereocenters. The number of aryl methyl sites for hydroxylation is 1. The molecule has 0 aliphatic carbocycles. The third kappa shape index (κ3) is 4.91. The van der Waals surface area contributed by atoms with E-state index in [4.69, 9.17) is 9.47 Å². The van der Waals surface area contributed by atoms with E-state index >= 15 is 0 Å². The smallest absolute Gasteiger partial charge is 0.392 e. The SMILES string of the molecule is C[C@H]1C[C@@]2(CCN1Cc1cnn(CCCC3(O)COC3)c1)OCCc1c2sc(C(F)(F)F)c1CO. The topological polar surface area (TPSA) is 80.0 Å². The Balaban J connectivity index is 1.24. The van der Waals surface area contributed by atoms with Crippen molar-refractivity contribution in [3.8, 4) is 0 Å². The van der Waals surface area contributed by atoms with E-state index in [9.17, 15) is 23.4 Å². The second-order valence-corrected chi connectivity index (χ2v) is 11.2. The van der Waals surface area contributed by atoms with Gasteiger partial charge in [-0.05, 0) is 44.6 Å². The molecule has 2 aromatic heterocycles. The second kappa shape index (κ2) is 9.42. The van der Waals surface area contributed by atoms with Crippen molar-refractivity contribution in [1.82, 2.24) is 14.7 Å². The Morgan fingerprint density at radius 2 is 2.11 bits per heavy atom. The summed E-state index contributed by atoms with van der Waals surface area (Å²) in [5.41, 5.74) is 0.340. The molecule has 2 aromatic rings. The zero-order valence-corrected chi connectivity index (χ0v) is 20.6. The predicted octanol–water partition coefficient (Wildman–Crippen LogP) is 3.45. The van der Waals surface area contributed by atoms with Crippen molar-refractivity contribution in [2.45, 2.75) is 82.1 Å². The molecule has 1 spiro atoms. The Labute approximate surface area is 206 Å². The summed E-state index contributed by atoms with van der Waals surface area (Å²) < 4.78 is 54.1. The Morgan fingerprint density at radius 3 is 2.77 bits per heavy atom. The van der Waals surface area contributed by atoms with Crippen LogP contribution < -0.4 is 0 Å². The highest BCUT2D eigenvalue weighted by atomic mass is 32.1. The zero-order valence-electron chi connectivity index (χ0n) is 19.8. The molecular weight excluding hydrogens is 483 g/mol. The molecule has 2 saturated heterocycles. The van der Waals surface area contributed by atoms with Gasteiger partial charge in [-0.3, -0.25) is 9.58 Å². The number of aliphatic hydroxyl groups excluding tert-OH is 1. The van der Waals surface area contributed by atoms with Crippen LogP contribution in [0.5, 0.6) is 0 Å². The van der Waals surface area contributed by atoms with Crippen molar-refractivity contribution < 1.29 is 32.9 Å². The van der Waals surface area contributed by atoms with Gasteiger partial charge in [-0.15, -0.1) is 11.3 Å². The lowest BCUT2D eigenvalue weighted by atomic mass is 9.81. The lowest BCUT2D eigenvalue weighted by Crippen LogP contribution is -2.50. The first-order valence-electron chi connectivity index (χ1n) is 12.1. The van der Waals surface area contributed by atoms with Crippen molar-refractivity contribution in [1.29, 1.82) is 0 Å². The molecule has 5 rings (SSSR count). The van der Waals surface area contributed by atoms with Gasteiger partial charge in [0.15, 0.2) is 0 Å². The standard InChI is InChI=1S/C24H32F3N3O4S/c1-16-9-23(20-18(3-8-34-23)19(13-31)21(35-20)24(25,26)27)5-7-29(16)11-17-10-28-30(12-17)6-2-4-22(32)14-33-15-22/h10,12,16,31-32H,2-9,11,13-15H2,1H3/t16-,23+/m0/s1. The van der Waals surface area contributed by atoms with Crippen LogP contribution in [0.1, 0.15) is 59.1 Å². The lowest BCUT2D eigenvalue weighted by molar-refractivity contribution is -0.182. The number of fused-ring (bicyclic) bond motifs is 2. The molecular formula is C24H32F3N3O4S. The van der Waals surface area contributed by atoms with Gasteiger partial charge in [-0.2, -0.15) is 18.3 Å². The van der Waals surface area contributed by atoms with Crippen molar-refractivity contribution in [2.24, 2.45) is 0 Å². The molecule has 35 heavy (non-hydrogen) atoms. The van der Waals surface area contributed by atoms with Crippen LogP contribution in [-0.2, 0) is 47.4 Å². The number of piperidine rings is 1. The molecule has 0 amide bonds. The van der Waals surface area contributed by atoms with Crippen LogP contribution in [-0.4, -0.2) is 62.9 Å². The molecule has 5 heterocycles. The number of hydrogen-bond donors (Lipinski definition) is 2. The normalized spacial score (nSPS) is 26.6. The molecule has 3 aliphatic rings. The Kier molecular flexibility index (Phi) is 6.77. The summed E-state index contributed by atoms with van der Waals surface area (Å²) in [6, 6.07) is 0.111. The molecule has 194 valence electrons. The van der Waals surface area contributed by atoms with Crippen molar-refractivity contribution in [3.05, 3.63) is 38.8 Å². The van der Waals surface area contributed by atoms with Crippen LogP contribution in [0.2, 0.25) is 0 Å². The molecule has 3 aliphatic heterocycles. The van der Waals surface area contributed by atoms with Crippen LogP contribution in [0.25, 0.3) is 0 Å². The monoisotopic (exact) mass is 515 g/mol. The average molecular weight is 516 g/mol. The number of ether oxygens (including phenoxy) is 2. The van der Waals surface area contributed by atoms with Crippen molar-refractivity contribution in [3.63, 3.8) is 0 Å². The second-order valence-electron chi connectivity index (χ2n) is 10.2. The fourth-order valence-corrected chi connectivity index (χ4v) is 7.07. The summed E-state index contributed by atoms with van der Waals surface area (Å²) in [6.45, 7) is 4.81. The molecule has 2 N–H and O–H groups in total. The summed E-state index contributed by atoms with van der Waals surface area (Å²) in [6.07, 6.45) is 2.54. The molecule has 0 saturated carbocycles. The largest absolute Gasteiger partial charge is 0.425 e. The minimum absolute atomic E-state index is 0.0274. The number of halogens is 3. The van der Waals surface area contributed by atoms with Crippen LogP contribution in [0.3, 0.4) is 0 Å². The van der Waals surface area contributed by atoms with Gasteiger partial charge in [0, 0.05) is 47.9 Å². The van der Waals surface area contributed by atoms with Gasteiger partial charge in [0.05, 0.1) is 32.6 Å². The number of thiophene rings is 1. The van der Waals surface area contributed by atoms with E-state index in [0.717, 1.165) is 29.9 Å². The van der Waals surface area contributed by atoms with Gasteiger partial charge in [0.25, 0.3) is 0 Å². The van der Waals surface area contributed by atoms with E-state index in [1.807, 2.05) is 17.1 Å². The summed E-state index contributed by atoms with van der Waals surface area (Å²) in [5, 5.41) is 24.3. The maximum atomic E-state index is 13.6. The number of rotatable bonds is 7. The van der Waals surface area contributed by atoms with Crippen molar-refractivity contribution >= 4 is 11.3 Å². The molecule has 0 aromatic carbocycles. The Hall–Kier alpha value is -1.50. The number of aliphatic hydroxyl groups is 2. The lowest BCUT2D eigenvalue weighted by Gasteiger charge is -2.47. The van der Waals surface area contributed by atoms with E-state index in [2.05, 4.69) is 16.9 Å². The maximum Gasteiger partial charge on any atom is 0.425 e. The number of likely N-dealkylation sites (tertiary alicyclic amines) is 1. The first-order valence-corrected chi connectivity index (χ1v) is 13.0. The fraction of sp³-hybridized carbons (Fsp3) is 0.708. The summed E-state index contributed by atoms with van der Waals surface area (Å²) in [7, 11) is 0. The Morgan fingerprint density at radius 1 is 1.31 bits per heavy atom. The first kappa shape index (κ1) is 25.2.